The highest BCUT2D eigenvalue weighted by Gasteiger charge is 2.20. The molecule has 0 spiro atoms. The van der Waals surface area contributed by atoms with E-state index in [2.05, 4.69) is 20.8 Å². The molecule has 0 bridgehead atoms. The summed E-state index contributed by atoms with van der Waals surface area (Å²) in [5.41, 5.74) is 1.44. The first kappa shape index (κ1) is 23.1. The highest BCUT2D eigenvalue weighted by atomic mass is 35.5. The largest absolute Gasteiger partial charge is 0.471 e. The van der Waals surface area contributed by atoms with Crippen molar-refractivity contribution in [3.8, 4) is 5.75 Å². The lowest BCUT2D eigenvalue weighted by atomic mass is 10.2. The first-order valence-electron chi connectivity index (χ1n) is 10.5. The zero-order valence-corrected chi connectivity index (χ0v) is 19.4. The van der Waals surface area contributed by atoms with Gasteiger partial charge in [-0.2, -0.15) is 10.2 Å². The zero-order chi connectivity index (χ0) is 24.1. The number of ether oxygens (including phenoxy) is 1. The number of carbonyl (C=O) groups is 2. The summed E-state index contributed by atoms with van der Waals surface area (Å²) >= 11 is 5.97. The lowest BCUT2D eigenvalue weighted by Gasteiger charge is -2.09. The van der Waals surface area contributed by atoms with Crippen molar-refractivity contribution in [3.63, 3.8) is 0 Å². The van der Waals surface area contributed by atoms with Gasteiger partial charge in [-0.25, -0.2) is 4.68 Å². The van der Waals surface area contributed by atoms with E-state index in [0.717, 1.165) is 5.56 Å². The molecule has 3 aromatic heterocycles. The summed E-state index contributed by atoms with van der Waals surface area (Å²) in [6, 6.07) is 10.4. The monoisotopic (exact) mass is 482 g/mol. The van der Waals surface area contributed by atoms with E-state index in [1.165, 1.54) is 10.9 Å². The maximum absolute atomic E-state index is 12.8. The number of furan rings is 1. The van der Waals surface area contributed by atoms with Gasteiger partial charge in [0.1, 0.15) is 11.5 Å². The second-order valence-electron chi connectivity index (χ2n) is 7.39. The summed E-state index contributed by atoms with van der Waals surface area (Å²) in [7, 11) is 0. The third-order valence-corrected chi connectivity index (χ3v) is 5.15. The molecule has 2 amide bonds. The molecule has 4 aromatic rings. The van der Waals surface area contributed by atoms with Crippen LogP contribution in [0, 0.1) is 6.92 Å². The Balaban J connectivity index is 1.41. The molecule has 0 radical (unpaired) electrons. The Kier molecular flexibility index (Phi) is 6.98. The normalized spacial score (nSPS) is 10.8. The second-order valence-corrected chi connectivity index (χ2v) is 7.82. The van der Waals surface area contributed by atoms with Gasteiger partial charge in [0.05, 0.1) is 18.5 Å². The van der Waals surface area contributed by atoms with Gasteiger partial charge in [0.15, 0.2) is 18.1 Å². The number of rotatable bonds is 9. The van der Waals surface area contributed by atoms with Crippen molar-refractivity contribution < 1.29 is 18.7 Å². The Hall–Kier alpha value is -4.05. The summed E-state index contributed by atoms with van der Waals surface area (Å²) in [5, 5.41) is 14.6. The van der Waals surface area contributed by atoms with Gasteiger partial charge in [-0.3, -0.25) is 14.3 Å². The maximum Gasteiger partial charge on any atom is 0.276 e. The van der Waals surface area contributed by atoms with Gasteiger partial charge in [0.25, 0.3) is 11.8 Å². The molecule has 0 unspecified atom stereocenters. The highest BCUT2D eigenvalue weighted by Crippen LogP contribution is 2.22. The van der Waals surface area contributed by atoms with Gasteiger partial charge >= 0.3 is 0 Å². The number of anilines is 1. The third kappa shape index (κ3) is 5.46. The molecule has 0 aliphatic rings. The van der Waals surface area contributed by atoms with Crippen LogP contribution in [-0.2, 0) is 19.8 Å². The highest BCUT2D eigenvalue weighted by molar-refractivity contribution is 6.30. The Morgan fingerprint density at radius 3 is 2.74 bits per heavy atom. The fourth-order valence-corrected chi connectivity index (χ4v) is 3.38. The molecule has 34 heavy (non-hydrogen) atoms. The molecule has 4 rings (SSSR count). The third-order valence-electron chi connectivity index (χ3n) is 4.91. The summed E-state index contributed by atoms with van der Waals surface area (Å²) in [5.74, 6) is 0.367. The zero-order valence-electron chi connectivity index (χ0n) is 18.6. The smallest absolute Gasteiger partial charge is 0.276 e. The Morgan fingerprint density at radius 1 is 1.15 bits per heavy atom. The quantitative estimate of drug-likeness (QED) is 0.374. The molecule has 176 valence electrons. The minimum atomic E-state index is -0.475. The molecule has 11 heteroatoms. The van der Waals surface area contributed by atoms with Crippen LogP contribution in [0.2, 0.25) is 5.02 Å². The SMILES string of the molecule is CCn1cc(NC(=O)c2ccn(COc3ccc(Cl)cc3C)n2)c(C(=O)NCc2ccco2)n1. The van der Waals surface area contributed by atoms with Crippen LogP contribution in [-0.4, -0.2) is 31.4 Å². The van der Waals surface area contributed by atoms with E-state index < -0.39 is 11.8 Å². The fraction of sp³-hybridized carbons (Fsp3) is 0.217. The number of hydrogen-bond acceptors (Lipinski definition) is 6. The first-order valence-corrected chi connectivity index (χ1v) is 10.9. The fourth-order valence-electron chi connectivity index (χ4n) is 3.16. The predicted molar refractivity (Wildman–Crippen MR) is 125 cm³/mol. The lowest BCUT2D eigenvalue weighted by molar-refractivity contribution is 0.0943. The molecular formula is C23H23ClN6O4. The van der Waals surface area contributed by atoms with Crippen LogP contribution in [0.4, 0.5) is 5.69 Å². The first-order chi connectivity index (χ1) is 16.4. The van der Waals surface area contributed by atoms with Gasteiger partial charge in [-0.15, -0.1) is 0 Å². The molecule has 0 fully saturated rings. The predicted octanol–water partition coefficient (Wildman–Crippen LogP) is 3.87. The van der Waals surface area contributed by atoms with Gasteiger partial charge in [-0.1, -0.05) is 11.6 Å². The van der Waals surface area contributed by atoms with E-state index in [4.69, 9.17) is 20.8 Å². The number of benzene rings is 1. The number of nitrogens with one attached hydrogen (secondary N) is 2. The molecule has 0 saturated carbocycles. The van der Waals surface area contributed by atoms with Gasteiger partial charge in [0.2, 0.25) is 0 Å². The van der Waals surface area contributed by atoms with E-state index >= 15 is 0 Å². The maximum atomic E-state index is 12.8. The molecule has 10 nitrogen and oxygen atoms in total. The molecule has 1 aromatic carbocycles. The Morgan fingerprint density at radius 2 is 2.00 bits per heavy atom. The van der Waals surface area contributed by atoms with Crippen LogP contribution < -0.4 is 15.4 Å². The molecule has 0 saturated heterocycles. The number of aryl methyl sites for hydroxylation is 2. The van der Waals surface area contributed by atoms with Gasteiger partial charge in [0, 0.05) is 24.0 Å². The second kappa shape index (κ2) is 10.3. The van der Waals surface area contributed by atoms with Gasteiger partial charge < -0.3 is 19.8 Å². The summed E-state index contributed by atoms with van der Waals surface area (Å²) < 4.78 is 14.0. The summed E-state index contributed by atoms with van der Waals surface area (Å²) in [6.45, 7) is 4.62. The summed E-state index contributed by atoms with van der Waals surface area (Å²) in [4.78, 5) is 25.4. The lowest BCUT2D eigenvalue weighted by Crippen LogP contribution is -2.25. The van der Waals surface area contributed by atoms with Crippen molar-refractivity contribution in [2.24, 2.45) is 0 Å². The Labute approximate surface area is 200 Å². The van der Waals surface area contributed by atoms with E-state index in [1.807, 2.05) is 13.8 Å². The molecule has 0 aliphatic heterocycles. The number of aromatic nitrogens is 4. The van der Waals surface area contributed by atoms with Crippen molar-refractivity contribution in [1.82, 2.24) is 24.9 Å². The molecule has 0 atom stereocenters. The van der Waals surface area contributed by atoms with E-state index in [9.17, 15) is 9.59 Å². The number of amides is 2. The molecule has 3 heterocycles. The van der Waals surface area contributed by atoms with Crippen LogP contribution >= 0.6 is 11.6 Å². The van der Waals surface area contributed by atoms with Crippen LogP contribution in [0.3, 0.4) is 0 Å². The van der Waals surface area contributed by atoms with E-state index in [-0.39, 0.29) is 30.4 Å². The van der Waals surface area contributed by atoms with Gasteiger partial charge in [-0.05, 0) is 55.8 Å². The molecule has 2 N–H and O–H groups in total. The molecular weight excluding hydrogens is 460 g/mol. The average molecular weight is 483 g/mol. The minimum Gasteiger partial charge on any atom is -0.471 e. The summed E-state index contributed by atoms with van der Waals surface area (Å²) in [6.07, 6.45) is 4.76. The van der Waals surface area contributed by atoms with Crippen molar-refractivity contribution in [1.29, 1.82) is 0 Å². The minimum absolute atomic E-state index is 0.0998. The number of hydrogen-bond donors (Lipinski definition) is 2. The van der Waals surface area contributed by atoms with E-state index in [1.54, 1.807) is 53.5 Å². The van der Waals surface area contributed by atoms with Crippen LogP contribution in [0.5, 0.6) is 5.75 Å². The van der Waals surface area contributed by atoms with Crippen molar-refractivity contribution >= 4 is 29.1 Å². The number of carbonyl (C=O) groups excluding carboxylic acids is 2. The van der Waals surface area contributed by atoms with Crippen molar-refractivity contribution in [2.45, 2.75) is 33.7 Å². The van der Waals surface area contributed by atoms with Crippen LogP contribution in [0.25, 0.3) is 0 Å². The van der Waals surface area contributed by atoms with Crippen LogP contribution in [0.15, 0.2) is 59.5 Å². The van der Waals surface area contributed by atoms with Crippen molar-refractivity contribution in [3.05, 3.63) is 82.8 Å². The van der Waals surface area contributed by atoms with E-state index in [0.29, 0.717) is 23.1 Å². The topological polar surface area (TPSA) is 116 Å². The standard InChI is InChI=1S/C23H23ClN6O4/c1-3-29-13-19(21(28-29)23(32)25-12-17-5-4-10-33-17)26-22(31)18-8-9-30(27-18)14-34-20-7-6-16(24)11-15(20)2/h4-11,13H,3,12,14H2,1-2H3,(H,25,32)(H,26,31). The Bertz CT molecular complexity index is 1290. The molecule has 0 aliphatic carbocycles. The van der Waals surface area contributed by atoms with Crippen molar-refractivity contribution in [2.75, 3.05) is 5.32 Å². The number of halogens is 1. The number of nitrogens with zero attached hydrogens (tertiary/aromatic N) is 4. The average Bonchev–Trinajstić information content (AvgIpc) is 3.58. The van der Waals surface area contributed by atoms with Crippen LogP contribution in [0.1, 0.15) is 39.2 Å².